The molecule has 2 unspecified atom stereocenters. The fourth-order valence-corrected chi connectivity index (χ4v) is 3.64. The Hall–Kier alpha value is -1.83. The molecule has 1 saturated carbocycles. The summed E-state index contributed by atoms with van der Waals surface area (Å²) in [4.78, 5) is 12.5. The van der Waals surface area contributed by atoms with Crippen molar-refractivity contribution in [3.8, 4) is 0 Å². The smallest absolute Gasteiger partial charge is 0.193 e. The van der Waals surface area contributed by atoms with Gasteiger partial charge in [0, 0.05) is 28.5 Å². The number of ether oxygens (including phenoxy) is 1. The first-order valence-electron chi connectivity index (χ1n) is 6.28. The van der Waals surface area contributed by atoms with Crippen LogP contribution in [-0.2, 0) is 4.74 Å². The van der Waals surface area contributed by atoms with Crippen molar-refractivity contribution in [2.75, 3.05) is 0 Å². The minimum Gasteiger partial charge on any atom is -0.461 e. The number of allylic oxidation sites excluding steroid dienone is 2. The zero-order valence-electron chi connectivity index (χ0n) is 10.5. The number of Topliss-reactive ketones (excluding diaryl/α,β-unsaturated/α-hetero) is 1. The zero-order chi connectivity index (χ0) is 12.7. The summed E-state index contributed by atoms with van der Waals surface area (Å²) >= 11 is 0. The highest BCUT2D eigenvalue weighted by Gasteiger charge is 2.66. The summed E-state index contributed by atoms with van der Waals surface area (Å²) in [5.41, 5.74) is 2.68. The average molecular weight is 238 g/mol. The lowest BCUT2D eigenvalue weighted by Crippen LogP contribution is -2.08. The molecule has 2 aliphatic carbocycles. The Morgan fingerprint density at radius 2 is 1.83 bits per heavy atom. The van der Waals surface area contributed by atoms with Crippen LogP contribution < -0.4 is 0 Å². The van der Waals surface area contributed by atoms with Crippen molar-refractivity contribution in [2.45, 2.75) is 13.8 Å². The Labute approximate surface area is 106 Å². The first kappa shape index (κ1) is 10.1. The summed E-state index contributed by atoms with van der Waals surface area (Å²) in [6, 6.07) is 7.68. The van der Waals surface area contributed by atoms with Crippen molar-refractivity contribution in [1.82, 2.24) is 0 Å². The predicted molar refractivity (Wildman–Crippen MR) is 68.7 cm³/mol. The third-order valence-electron chi connectivity index (χ3n) is 4.62. The molecule has 1 heterocycles. The summed E-state index contributed by atoms with van der Waals surface area (Å²) in [7, 11) is 0. The van der Waals surface area contributed by atoms with Crippen LogP contribution in [0.2, 0.25) is 0 Å². The van der Waals surface area contributed by atoms with E-state index in [1.165, 1.54) is 0 Å². The van der Waals surface area contributed by atoms with Crippen LogP contribution in [0, 0.1) is 17.3 Å². The molecule has 4 rings (SSSR count). The van der Waals surface area contributed by atoms with Gasteiger partial charge in [0.05, 0.1) is 0 Å². The number of hydrogen-bond donors (Lipinski definition) is 0. The summed E-state index contributed by atoms with van der Waals surface area (Å²) in [6.07, 6.45) is 0. The van der Waals surface area contributed by atoms with Gasteiger partial charge in [0.2, 0.25) is 0 Å². The van der Waals surface area contributed by atoms with E-state index in [-0.39, 0.29) is 17.1 Å². The van der Waals surface area contributed by atoms with Crippen molar-refractivity contribution >= 4 is 11.5 Å². The van der Waals surface area contributed by atoms with Crippen molar-refractivity contribution < 1.29 is 9.53 Å². The molecule has 1 aliphatic heterocycles. The van der Waals surface area contributed by atoms with Crippen LogP contribution in [0.1, 0.15) is 29.8 Å². The zero-order valence-corrected chi connectivity index (χ0v) is 10.5. The van der Waals surface area contributed by atoms with Gasteiger partial charge in [-0.05, 0) is 5.41 Å². The molecule has 0 saturated heterocycles. The van der Waals surface area contributed by atoms with Crippen LogP contribution in [0.4, 0.5) is 0 Å². The van der Waals surface area contributed by atoms with E-state index >= 15 is 0 Å². The molecule has 2 atom stereocenters. The summed E-state index contributed by atoms with van der Waals surface area (Å²) < 4.78 is 5.86. The van der Waals surface area contributed by atoms with E-state index in [0.29, 0.717) is 5.92 Å². The van der Waals surface area contributed by atoms with E-state index in [9.17, 15) is 4.79 Å². The number of carbonyl (C=O) groups is 1. The molecule has 3 aliphatic rings. The molecule has 1 fully saturated rings. The first-order valence-corrected chi connectivity index (χ1v) is 6.28. The van der Waals surface area contributed by atoms with E-state index in [0.717, 1.165) is 28.2 Å². The second kappa shape index (κ2) is 2.77. The number of benzene rings is 1. The van der Waals surface area contributed by atoms with Gasteiger partial charge in [-0.3, -0.25) is 4.79 Å². The fraction of sp³-hybridized carbons (Fsp3) is 0.312. The van der Waals surface area contributed by atoms with Crippen LogP contribution in [0.5, 0.6) is 0 Å². The Morgan fingerprint density at radius 1 is 1.17 bits per heavy atom. The van der Waals surface area contributed by atoms with Gasteiger partial charge < -0.3 is 4.74 Å². The number of ketones is 1. The number of fused-ring (bicyclic) bond motifs is 4. The summed E-state index contributed by atoms with van der Waals surface area (Å²) in [5.74, 6) is 2.30. The highest BCUT2D eigenvalue weighted by Crippen LogP contribution is 2.69. The molecule has 1 aromatic carbocycles. The van der Waals surface area contributed by atoms with Gasteiger partial charge in [0.15, 0.2) is 5.78 Å². The van der Waals surface area contributed by atoms with Gasteiger partial charge in [0.1, 0.15) is 11.5 Å². The van der Waals surface area contributed by atoms with Crippen molar-refractivity contribution in [3.05, 3.63) is 53.3 Å². The van der Waals surface area contributed by atoms with Crippen molar-refractivity contribution in [1.29, 1.82) is 0 Å². The van der Waals surface area contributed by atoms with Gasteiger partial charge in [-0.2, -0.15) is 0 Å². The molecule has 2 nitrogen and oxygen atoms in total. The molecule has 1 aromatic rings. The fourth-order valence-electron chi connectivity index (χ4n) is 3.64. The molecule has 0 radical (unpaired) electrons. The predicted octanol–water partition coefficient (Wildman–Crippen LogP) is 3.41. The van der Waals surface area contributed by atoms with E-state index in [1.54, 1.807) is 0 Å². The standard InChI is InChI=1S/C16H14O2/c1-8-12-13(16(12,2)3)11-14(17)9-6-4-5-7-10(9)15(11)18-8/h4-7,12-13H,1H2,2-3H3. The van der Waals surface area contributed by atoms with Crippen LogP contribution in [0.15, 0.2) is 42.2 Å². The maximum absolute atomic E-state index is 12.5. The van der Waals surface area contributed by atoms with Crippen LogP contribution >= 0.6 is 0 Å². The molecule has 0 bridgehead atoms. The molecule has 2 heteroatoms. The first-order chi connectivity index (χ1) is 8.53. The second-order valence-electron chi connectivity index (χ2n) is 5.96. The van der Waals surface area contributed by atoms with Crippen molar-refractivity contribution in [2.24, 2.45) is 17.3 Å². The second-order valence-corrected chi connectivity index (χ2v) is 5.96. The molecule has 0 spiro atoms. The van der Waals surface area contributed by atoms with E-state index in [4.69, 9.17) is 4.74 Å². The van der Waals surface area contributed by atoms with Gasteiger partial charge in [-0.1, -0.05) is 44.7 Å². The Bertz CT molecular complexity index is 649. The topological polar surface area (TPSA) is 26.3 Å². The minimum absolute atomic E-state index is 0.103. The Morgan fingerprint density at radius 3 is 2.56 bits per heavy atom. The van der Waals surface area contributed by atoms with Gasteiger partial charge >= 0.3 is 0 Å². The third-order valence-corrected chi connectivity index (χ3v) is 4.62. The summed E-state index contributed by atoms with van der Waals surface area (Å²) in [6.45, 7) is 8.39. The van der Waals surface area contributed by atoms with Crippen LogP contribution in [-0.4, -0.2) is 5.78 Å². The van der Waals surface area contributed by atoms with Crippen LogP contribution in [0.25, 0.3) is 5.76 Å². The minimum atomic E-state index is 0.103. The maximum atomic E-state index is 12.5. The number of rotatable bonds is 0. The Kier molecular flexibility index (Phi) is 1.56. The summed E-state index contributed by atoms with van der Waals surface area (Å²) in [5, 5.41) is 0. The van der Waals surface area contributed by atoms with Gasteiger partial charge in [-0.15, -0.1) is 0 Å². The molecular weight excluding hydrogens is 224 g/mol. The third kappa shape index (κ3) is 0.939. The molecule has 18 heavy (non-hydrogen) atoms. The highest BCUT2D eigenvalue weighted by molar-refractivity contribution is 6.20. The van der Waals surface area contributed by atoms with E-state index < -0.39 is 0 Å². The quantitative estimate of drug-likeness (QED) is 0.692. The molecule has 0 amide bonds. The largest absolute Gasteiger partial charge is 0.461 e. The SMILES string of the molecule is C=C1OC2=C(C(=O)c3ccccc32)C2C1C2(C)C. The lowest BCUT2D eigenvalue weighted by Gasteiger charge is -2.16. The average Bonchev–Trinajstić information content (AvgIpc) is 2.81. The van der Waals surface area contributed by atoms with Gasteiger partial charge in [0.25, 0.3) is 0 Å². The van der Waals surface area contributed by atoms with Crippen molar-refractivity contribution in [3.63, 3.8) is 0 Å². The monoisotopic (exact) mass is 238 g/mol. The highest BCUT2D eigenvalue weighted by atomic mass is 16.5. The normalized spacial score (nSPS) is 30.6. The lowest BCUT2D eigenvalue weighted by atomic mass is 10.00. The lowest BCUT2D eigenvalue weighted by molar-refractivity contribution is 0.102. The Balaban J connectivity index is 1.95. The molecular formula is C16H14O2. The molecule has 0 aromatic heterocycles. The van der Waals surface area contributed by atoms with Crippen LogP contribution in [0.3, 0.4) is 0 Å². The van der Waals surface area contributed by atoms with E-state index in [2.05, 4.69) is 20.4 Å². The number of hydrogen-bond acceptors (Lipinski definition) is 2. The molecule has 0 N–H and O–H groups in total. The van der Waals surface area contributed by atoms with Gasteiger partial charge in [-0.25, -0.2) is 0 Å². The number of carbonyl (C=O) groups excluding carboxylic acids is 1. The maximum Gasteiger partial charge on any atom is 0.193 e. The molecule has 90 valence electrons. The van der Waals surface area contributed by atoms with E-state index in [1.807, 2.05) is 24.3 Å².